The Morgan fingerprint density at radius 1 is 1.45 bits per heavy atom. The van der Waals surface area contributed by atoms with E-state index >= 15 is 0 Å². The van der Waals surface area contributed by atoms with E-state index in [1.165, 1.54) is 0 Å². The third kappa shape index (κ3) is 1.56. The summed E-state index contributed by atoms with van der Waals surface area (Å²) in [5, 5.41) is 0. The quantitative estimate of drug-likeness (QED) is 0.579. The Balaban J connectivity index is 2.90. The van der Waals surface area contributed by atoms with E-state index in [0.29, 0.717) is 12.8 Å². The maximum atomic E-state index is 11.4. The third-order valence-corrected chi connectivity index (χ3v) is 4.98. The summed E-state index contributed by atoms with van der Waals surface area (Å²) >= 11 is 0. The van der Waals surface area contributed by atoms with Crippen LogP contribution in [0.15, 0.2) is 0 Å². The molecule has 3 nitrogen and oxygen atoms in total. The lowest BCUT2D eigenvalue weighted by Crippen LogP contribution is -2.46. The fraction of sp³-hybridized carbons (Fsp3) is 1.00. The van der Waals surface area contributed by atoms with Crippen LogP contribution in [0.5, 0.6) is 0 Å². The van der Waals surface area contributed by atoms with Crippen LogP contribution in [-0.4, -0.2) is 25.0 Å². The molecule has 1 aliphatic heterocycles. The Labute approximate surface area is 67.9 Å². The van der Waals surface area contributed by atoms with Crippen LogP contribution in [0.4, 0.5) is 0 Å². The lowest BCUT2D eigenvalue weighted by molar-refractivity contribution is 0.448. The van der Waals surface area contributed by atoms with Crippen LogP contribution in [-0.2, 0) is 9.84 Å². The molecule has 1 atom stereocenters. The topological polar surface area (TPSA) is 60.2 Å². The van der Waals surface area contributed by atoms with Crippen molar-refractivity contribution >= 4 is 9.84 Å². The van der Waals surface area contributed by atoms with Crippen LogP contribution in [0.25, 0.3) is 0 Å². The monoisotopic (exact) mass is 177 g/mol. The molecule has 0 aromatic carbocycles. The molecule has 1 unspecified atom stereocenters. The Bertz CT molecular complexity index is 243. The Morgan fingerprint density at radius 3 is 2.36 bits per heavy atom. The average Bonchev–Trinajstić information content (AvgIpc) is 1.80. The zero-order valence-electron chi connectivity index (χ0n) is 7.00. The molecule has 0 aromatic heterocycles. The van der Waals surface area contributed by atoms with Gasteiger partial charge in [-0.15, -0.1) is 0 Å². The highest BCUT2D eigenvalue weighted by molar-refractivity contribution is 7.92. The molecule has 66 valence electrons. The summed E-state index contributed by atoms with van der Waals surface area (Å²) < 4.78 is 22.2. The zero-order valence-corrected chi connectivity index (χ0v) is 7.82. The molecule has 0 amide bonds. The molecule has 0 aliphatic carbocycles. The van der Waals surface area contributed by atoms with Gasteiger partial charge in [0, 0.05) is 6.04 Å². The zero-order chi connectivity index (χ0) is 8.70. The molecule has 1 rings (SSSR count). The maximum absolute atomic E-state index is 11.4. The highest BCUT2D eigenvalue weighted by Crippen LogP contribution is 2.28. The normalized spacial score (nSPS) is 35.0. The number of hydrogen-bond acceptors (Lipinski definition) is 3. The largest absolute Gasteiger partial charge is 0.328 e. The molecular formula is C7H15NO2S. The van der Waals surface area contributed by atoms with Crippen LogP contribution in [0.3, 0.4) is 0 Å². The van der Waals surface area contributed by atoms with Gasteiger partial charge in [0.25, 0.3) is 0 Å². The number of nitrogens with two attached hydrogens (primary N) is 1. The molecule has 1 fully saturated rings. The van der Waals surface area contributed by atoms with Crippen LogP contribution < -0.4 is 5.73 Å². The minimum atomic E-state index is -2.87. The van der Waals surface area contributed by atoms with Gasteiger partial charge in [0.2, 0.25) is 0 Å². The van der Waals surface area contributed by atoms with E-state index < -0.39 is 14.6 Å². The lowest BCUT2D eigenvalue weighted by Gasteiger charge is -2.32. The van der Waals surface area contributed by atoms with Gasteiger partial charge >= 0.3 is 0 Å². The second-order valence-corrected chi connectivity index (χ2v) is 6.57. The fourth-order valence-electron chi connectivity index (χ4n) is 1.44. The van der Waals surface area contributed by atoms with Gasteiger partial charge in [-0.2, -0.15) is 0 Å². The molecule has 1 heterocycles. The van der Waals surface area contributed by atoms with Crippen molar-refractivity contribution in [2.75, 3.05) is 5.75 Å². The standard InChI is InChI=1S/C7H15NO2S/c1-7(2)5-6(8)3-4-11(7,9)10/h6H,3-5,8H2,1-2H3. The second kappa shape index (κ2) is 2.45. The average molecular weight is 177 g/mol. The van der Waals surface area contributed by atoms with Crippen molar-refractivity contribution in [3.8, 4) is 0 Å². The summed E-state index contributed by atoms with van der Waals surface area (Å²) in [6, 6.07) is 0.0634. The van der Waals surface area contributed by atoms with Crippen LogP contribution in [0.1, 0.15) is 26.7 Å². The summed E-state index contributed by atoms with van der Waals surface area (Å²) in [7, 11) is -2.87. The van der Waals surface area contributed by atoms with Gasteiger partial charge in [-0.05, 0) is 26.7 Å². The summed E-state index contributed by atoms with van der Waals surface area (Å²) in [6.45, 7) is 3.50. The Hall–Kier alpha value is -0.0900. The molecule has 11 heavy (non-hydrogen) atoms. The van der Waals surface area contributed by atoms with E-state index in [1.807, 2.05) is 0 Å². The smallest absolute Gasteiger partial charge is 0.155 e. The number of sulfone groups is 1. The van der Waals surface area contributed by atoms with E-state index in [4.69, 9.17) is 5.73 Å². The molecular weight excluding hydrogens is 162 g/mol. The van der Waals surface area contributed by atoms with Gasteiger partial charge in [0.1, 0.15) is 0 Å². The van der Waals surface area contributed by atoms with Crippen molar-refractivity contribution in [2.45, 2.75) is 37.5 Å². The predicted molar refractivity (Wildman–Crippen MR) is 45.1 cm³/mol. The van der Waals surface area contributed by atoms with Crippen LogP contribution >= 0.6 is 0 Å². The summed E-state index contributed by atoms with van der Waals surface area (Å²) in [6.07, 6.45) is 1.21. The molecule has 1 saturated heterocycles. The van der Waals surface area contributed by atoms with Crippen molar-refractivity contribution in [1.29, 1.82) is 0 Å². The second-order valence-electron chi connectivity index (χ2n) is 3.83. The first kappa shape index (κ1) is 9.00. The van der Waals surface area contributed by atoms with Gasteiger partial charge in [0.15, 0.2) is 9.84 Å². The van der Waals surface area contributed by atoms with Crippen molar-refractivity contribution in [2.24, 2.45) is 5.73 Å². The molecule has 2 N–H and O–H groups in total. The Morgan fingerprint density at radius 2 is 2.00 bits per heavy atom. The first-order valence-corrected chi connectivity index (χ1v) is 5.48. The van der Waals surface area contributed by atoms with Gasteiger partial charge in [-0.25, -0.2) is 8.42 Å². The highest BCUT2D eigenvalue weighted by atomic mass is 32.2. The molecule has 1 aliphatic rings. The molecule has 0 aromatic rings. The lowest BCUT2D eigenvalue weighted by atomic mass is 10.0. The first-order valence-electron chi connectivity index (χ1n) is 3.83. The highest BCUT2D eigenvalue weighted by Gasteiger charge is 2.39. The molecule has 0 saturated carbocycles. The SMILES string of the molecule is CC1(C)CC(N)CCS1(=O)=O. The summed E-state index contributed by atoms with van der Waals surface area (Å²) in [5.74, 6) is 0.251. The van der Waals surface area contributed by atoms with Crippen LogP contribution in [0, 0.1) is 0 Å². The van der Waals surface area contributed by atoms with E-state index in [9.17, 15) is 8.42 Å². The molecule has 4 heteroatoms. The van der Waals surface area contributed by atoms with Crippen LogP contribution in [0.2, 0.25) is 0 Å². The van der Waals surface area contributed by atoms with Gasteiger partial charge in [-0.3, -0.25) is 0 Å². The van der Waals surface area contributed by atoms with E-state index in [1.54, 1.807) is 13.8 Å². The van der Waals surface area contributed by atoms with Gasteiger partial charge in [-0.1, -0.05) is 0 Å². The van der Waals surface area contributed by atoms with E-state index in [-0.39, 0.29) is 11.8 Å². The molecule has 0 radical (unpaired) electrons. The summed E-state index contributed by atoms with van der Waals surface area (Å²) in [4.78, 5) is 0. The first-order chi connectivity index (χ1) is 4.85. The van der Waals surface area contributed by atoms with Crippen molar-refractivity contribution in [1.82, 2.24) is 0 Å². The summed E-state index contributed by atoms with van der Waals surface area (Å²) in [5.41, 5.74) is 5.67. The minimum Gasteiger partial charge on any atom is -0.328 e. The Kier molecular flexibility index (Phi) is 2.01. The maximum Gasteiger partial charge on any atom is 0.155 e. The molecule has 0 spiro atoms. The predicted octanol–water partition coefficient (Wildman–Crippen LogP) is 0.301. The van der Waals surface area contributed by atoms with Gasteiger partial charge < -0.3 is 5.73 Å². The fourth-order valence-corrected chi connectivity index (χ4v) is 3.08. The molecule has 0 bridgehead atoms. The van der Waals surface area contributed by atoms with Gasteiger partial charge in [0.05, 0.1) is 10.5 Å². The van der Waals surface area contributed by atoms with Crippen molar-refractivity contribution < 1.29 is 8.42 Å². The minimum absolute atomic E-state index is 0.0634. The van der Waals surface area contributed by atoms with Crippen molar-refractivity contribution in [3.63, 3.8) is 0 Å². The third-order valence-electron chi connectivity index (χ3n) is 2.35. The van der Waals surface area contributed by atoms with Crippen molar-refractivity contribution in [3.05, 3.63) is 0 Å². The van der Waals surface area contributed by atoms with E-state index in [0.717, 1.165) is 0 Å². The number of rotatable bonds is 0. The number of hydrogen-bond donors (Lipinski definition) is 1. The van der Waals surface area contributed by atoms with E-state index in [2.05, 4.69) is 0 Å².